The maximum Gasteiger partial charge on any atom is 0.309 e. The Labute approximate surface area is 241 Å². The van der Waals surface area contributed by atoms with E-state index >= 15 is 0 Å². The van der Waals surface area contributed by atoms with Crippen LogP contribution in [0.5, 0.6) is 0 Å². The molecular formula is C33H28N6O3. The molecule has 2 fully saturated rings. The highest BCUT2D eigenvalue weighted by molar-refractivity contribution is 6.11. The summed E-state index contributed by atoms with van der Waals surface area (Å²) in [5, 5.41) is 21.9. The van der Waals surface area contributed by atoms with Crippen LogP contribution < -0.4 is 5.32 Å². The molecule has 0 unspecified atom stereocenters. The summed E-state index contributed by atoms with van der Waals surface area (Å²) in [5.74, 6) is -0.242. The summed E-state index contributed by atoms with van der Waals surface area (Å²) in [5.41, 5.74) is 4.54. The van der Waals surface area contributed by atoms with Crippen LogP contribution in [0.25, 0.3) is 44.2 Å². The van der Waals surface area contributed by atoms with Gasteiger partial charge in [0.1, 0.15) is 11.5 Å². The highest BCUT2D eigenvalue weighted by Crippen LogP contribution is 2.43. The number of pyridine rings is 2. The predicted molar refractivity (Wildman–Crippen MR) is 158 cm³/mol. The molecule has 3 aromatic heterocycles. The molecule has 2 saturated carbocycles. The fourth-order valence-corrected chi connectivity index (χ4v) is 5.15. The van der Waals surface area contributed by atoms with E-state index in [-0.39, 0.29) is 17.8 Å². The number of carbonyl (C=O) groups is 2. The van der Waals surface area contributed by atoms with Crippen LogP contribution in [0.3, 0.4) is 0 Å². The minimum Gasteiger partial charge on any atom is -0.449 e. The van der Waals surface area contributed by atoms with Gasteiger partial charge in [-0.2, -0.15) is 10.4 Å². The van der Waals surface area contributed by atoms with Gasteiger partial charge in [0.15, 0.2) is 5.60 Å². The predicted octanol–water partition coefficient (Wildman–Crippen LogP) is 6.07. The molecule has 2 aliphatic rings. The molecule has 5 aromatic rings. The molecule has 0 radical (unpaired) electrons. The van der Waals surface area contributed by atoms with E-state index in [9.17, 15) is 14.9 Å². The van der Waals surface area contributed by atoms with Gasteiger partial charge in [0.25, 0.3) is 5.91 Å². The third kappa shape index (κ3) is 4.55. The first-order valence-corrected chi connectivity index (χ1v) is 14.1. The zero-order chi connectivity index (χ0) is 29.1. The molecule has 1 amide bonds. The van der Waals surface area contributed by atoms with Crippen molar-refractivity contribution in [2.75, 3.05) is 5.32 Å². The second-order valence-electron chi connectivity index (χ2n) is 11.7. The second-order valence-corrected chi connectivity index (χ2v) is 11.7. The molecule has 0 saturated heterocycles. The number of hydrogen-bond donors (Lipinski definition) is 2. The van der Waals surface area contributed by atoms with Crippen LogP contribution in [0, 0.1) is 17.2 Å². The molecule has 2 N–H and O–H groups in total. The van der Waals surface area contributed by atoms with Gasteiger partial charge in [0.05, 0.1) is 34.6 Å². The lowest BCUT2D eigenvalue weighted by Crippen LogP contribution is -2.35. The summed E-state index contributed by atoms with van der Waals surface area (Å²) in [6.07, 6.45) is 6.25. The average Bonchev–Trinajstić information content (AvgIpc) is 3.95. The van der Waals surface area contributed by atoms with Gasteiger partial charge in [-0.15, -0.1) is 0 Å². The van der Waals surface area contributed by atoms with Crippen molar-refractivity contribution in [2.45, 2.75) is 50.5 Å². The van der Waals surface area contributed by atoms with Gasteiger partial charge in [-0.25, -0.2) is 4.98 Å². The molecule has 0 aliphatic heterocycles. The van der Waals surface area contributed by atoms with Crippen LogP contribution in [0.1, 0.15) is 45.1 Å². The van der Waals surface area contributed by atoms with Crippen molar-refractivity contribution in [1.82, 2.24) is 20.2 Å². The number of benzene rings is 2. The number of esters is 1. The number of nitrogens with zero attached hydrogens (tertiary/aromatic N) is 4. The van der Waals surface area contributed by atoms with E-state index in [2.05, 4.69) is 37.6 Å². The van der Waals surface area contributed by atoms with Gasteiger partial charge < -0.3 is 10.1 Å². The first-order valence-electron chi connectivity index (χ1n) is 14.1. The van der Waals surface area contributed by atoms with Crippen molar-refractivity contribution < 1.29 is 14.3 Å². The van der Waals surface area contributed by atoms with Gasteiger partial charge >= 0.3 is 5.97 Å². The number of nitrogens with one attached hydrogen (secondary N) is 2. The zero-order valence-corrected chi connectivity index (χ0v) is 23.3. The van der Waals surface area contributed by atoms with Crippen molar-refractivity contribution in [3.8, 4) is 28.5 Å². The number of fused-ring (bicyclic) bond motifs is 3. The zero-order valence-electron chi connectivity index (χ0n) is 23.3. The Morgan fingerprint density at radius 3 is 2.40 bits per heavy atom. The number of nitriles is 1. The Morgan fingerprint density at radius 2 is 1.74 bits per heavy atom. The maximum atomic E-state index is 12.8. The smallest absolute Gasteiger partial charge is 0.309 e. The third-order valence-corrected chi connectivity index (χ3v) is 8.22. The minimum absolute atomic E-state index is 0.0495. The Morgan fingerprint density at radius 1 is 1.00 bits per heavy atom. The fourth-order valence-electron chi connectivity index (χ4n) is 5.15. The SMILES string of the molecule is CC(C)(C#N)c1ccc(-c2n[nH]c3cnc4ccc(-c5ccc(NC(=O)C6(OC(=O)C7CC7)CC6)nc5)cc4c23)cc1. The van der Waals surface area contributed by atoms with Crippen molar-refractivity contribution in [3.63, 3.8) is 0 Å². The molecule has 2 aliphatic carbocycles. The maximum absolute atomic E-state index is 12.8. The first kappa shape index (κ1) is 25.8. The largest absolute Gasteiger partial charge is 0.449 e. The van der Waals surface area contributed by atoms with Gasteiger partial charge in [-0.05, 0) is 62.1 Å². The number of ether oxygens (including phenoxy) is 1. The van der Waals surface area contributed by atoms with E-state index < -0.39 is 11.0 Å². The van der Waals surface area contributed by atoms with Crippen LogP contribution in [-0.4, -0.2) is 37.6 Å². The number of rotatable bonds is 7. The Balaban J connectivity index is 1.16. The van der Waals surface area contributed by atoms with Crippen molar-refractivity contribution in [3.05, 3.63) is 72.6 Å². The van der Waals surface area contributed by atoms with Gasteiger partial charge in [0.2, 0.25) is 0 Å². The number of aromatic amines is 1. The number of anilines is 1. The summed E-state index contributed by atoms with van der Waals surface area (Å²) in [4.78, 5) is 34.0. The third-order valence-electron chi connectivity index (χ3n) is 8.22. The van der Waals surface area contributed by atoms with E-state index in [1.807, 2.05) is 56.3 Å². The molecule has 9 nitrogen and oxygen atoms in total. The molecule has 3 heterocycles. The molecule has 2 aromatic carbocycles. The Kier molecular flexibility index (Phi) is 5.84. The normalized spacial score (nSPS) is 15.7. The molecule has 7 rings (SSSR count). The van der Waals surface area contributed by atoms with E-state index in [4.69, 9.17) is 4.74 Å². The first-order chi connectivity index (χ1) is 20.3. The summed E-state index contributed by atoms with van der Waals surface area (Å²) in [7, 11) is 0. The van der Waals surface area contributed by atoms with E-state index in [0.717, 1.165) is 62.6 Å². The summed E-state index contributed by atoms with van der Waals surface area (Å²) in [6, 6.07) is 20.0. The number of H-pyrrole nitrogens is 1. The molecule has 0 atom stereocenters. The lowest BCUT2D eigenvalue weighted by Gasteiger charge is -2.16. The van der Waals surface area contributed by atoms with E-state index in [1.165, 1.54) is 0 Å². The van der Waals surface area contributed by atoms with Crippen molar-refractivity contribution in [2.24, 2.45) is 5.92 Å². The quantitative estimate of drug-likeness (QED) is 0.233. The van der Waals surface area contributed by atoms with Gasteiger partial charge in [-0.3, -0.25) is 19.7 Å². The number of aromatic nitrogens is 4. The van der Waals surface area contributed by atoms with E-state index in [0.29, 0.717) is 18.7 Å². The molecular weight excluding hydrogens is 528 g/mol. The molecule has 0 spiro atoms. The highest BCUT2D eigenvalue weighted by atomic mass is 16.6. The minimum atomic E-state index is -1.05. The molecule has 0 bridgehead atoms. The summed E-state index contributed by atoms with van der Waals surface area (Å²) in [6.45, 7) is 3.80. The monoisotopic (exact) mass is 556 g/mol. The number of hydrogen-bond acceptors (Lipinski definition) is 7. The highest BCUT2D eigenvalue weighted by Gasteiger charge is 2.55. The Hall–Kier alpha value is -5.10. The Bertz CT molecular complexity index is 1910. The van der Waals surface area contributed by atoms with Crippen LogP contribution in [0.15, 0.2) is 67.0 Å². The summed E-state index contributed by atoms with van der Waals surface area (Å²) < 4.78 is 5.53. The van der Waals surface area contributed by atoms with Gasteiger partial charge in [-0.1, -0.05) is 30.3 Å². The lowest BCUT2D eigenvalue weighted by atomic mass is 9.86. The number of carbonyl (C=O) groups excluding carboxylic acids is 2. The standard InChI is InChI=1S/C33H28N6O3/c1-32(2,18-34)23-9-5-19(6-10-23)29-28-24-15-21(7-11-25(24)35-17-26(28)38-39-29)22-8-12-27(36-16-22)37-31(41)33(13-14-33)42-30(40)20-3-4-20/h5-12,15-17,20H,3-4,13-14H2,1-2H3,(H,38,39)(H,36,37,41). The van der Waals surface area contributed by atoms with Gasteiger partial charge in [0, 0.05) is 40.9 Å². The second kappa shape index (κ2) is 9.48. The molecule has 9 heteroatoms. The van der Waals surface area contributed by atoms with E-state index in [1.54, 1.807) is 18.5 Å². The van der Waals surface area contributed by atoms with Crippen LogP contribution in [0.2, 0.25) is 0 Å². The van der Waals surface area contributed by atoms with Crippen LogP contribution in [-0.2, 0) is 19.7 Å². The fraction of sp³-hybridized carbons (Fsp3) is 0.273. The lowest BCUT2D eigenvalue weighted by molar-refractivity contribution is -0.158. The molecule has 42 heavy (non-hydrogen) atoms. The topological polar surface area (TPSA) is 134 Å². The summed E-state index contributed by atoms with van der Waals surface area (Å²) >= 11 is 0. The van der Waals surface area contributed by atoms with Crippen molar-refractivity contribution >= 4 is 39.5 Å². The number of amides is 1. The van der Waals surface area contributed by atoms with Crippen LogP contribution in [0.4, 0.5) is 5.82 Å². The van der Waals surface area contributed by atoms with Crippen molar-refractivity contribution in [1.29, 1.82) is 5.26 Å². The van der Waals surface area contributed by atoms with Crippen LogP contribution >= 0.6 is 0 Å². The molecule has 208 valence electrons. The average molecular weight is 557 g/mol.